The van der Waals surface area contributed by atoms with E-state index in [1.165, 1.54) is 6.26 Å². The summed E-state index contributed by atoms with van der Waals surface area (Å²) in [6, 6.07) is 0. The number of aliphatic hydroxyl groups excluding tert-OH is 1. The van der Waals surface area contributed by atoms with Crippen molar-refractivity contribution in [2.45, 2.75) is 13.0 Å². The first kappa shape index (κ1) is 11.9. The van der Waals surface area contributed by atoms with E-state index in [4.69, 9.17) is 5.11 Å². The van der Waals surface area contributed by atoms with Crippen molar-refractivity contribution in [3.05, 3.63) is 0 Å². The Kier molecular flexibility index (Phi) is 4.74. The quantitative estimate of drug-likeness (QED) is 0.633. The maximum Gasteiger partial charge on any atom is 0.148 e. The summed E-state index contributed by atoms with van der Waals surface area (Å²) in [7, 11) is -1.09. The minimum Gasteiger partial charge on any atom is -0.392 e. The summed E-state index contributed by atoms with van der Waals surface area (Å²) in [6.07, 6.45) is 0.804. The number of nitrogens with zero attached hydrogens (tertiary/aromatic N) is 1. The Bertz CT molecular complexity index is 211. The highest BCUT2D eigenvalue weighted by Crippen LogP contribution is 1.90. The van der Waals surface area contributed by atoms with E-state index < -0.39 is 15.9 Å². The van der Waals surface area contributed by atoms with Crippen LogP contribution in [-0.2, 0) is 9.84 Å². The van der Waals surface area contributed by atoms with Crippen molar-refractivity contribution in [1.82, 2.24) is 4.90 Å². The normalized spacial score (nSPS) is 15.1. The largest absolute Gasteiger partial charge is 0.392 e. The molecule has 0 fully saturated rings. The van der Waals surface area contributed by atoms with Gasteiger partial charge in [-0.15, -0.1) is 0 Å². The van der Waals surface area contributed by atoms with E-state index in [9.17, 15) is 8.42 Å². The van der Waals surface area contributed by atoms with Crippen molar-refractivity contribution in [1.29, 1.82) is 0 Å². The molecule has 12 heavy (non-hydrogen) atoms. The van der Waals surface area contributed by atoms with Crippen molar-refractivity contribution >= 4 is 9.84 Å². The average Bonchev–Trinajstić information content (AvgIpc) is 1.80. The van der Waals surface area contributed by atoms with Gasteiger partial charge >= 0.3 is 0 Å². The van der Waals surface area contributed by atoms with Crippen LogP contribution >= 0.6 is 0 Å². The van der Waals surface area contributed by atoms with Crippen molar-refractivity contribution in [2.24, 2.45) is 0 Å². The van der Waals surface area contributed by atoms with Gasteiger partial charge in [-0.05, 0) is 14.0 Å². The highest BCUT2D eigenvalue weighted by Gasteiger charge is 2.06. The lowest BCUT2D eigenvalue weighted by molar-refractivity contribution is 0.145. The van der Waals surface area contributed by atoms with E-state index >= 15 is 0 Å². The summed E-state index contributed by atoms with van der Waals surface area (Å²) in [4.78, 5) is 1.80. The Morgan fingerprint density at radius 2 is 2.00 bits per heavy atom. The molecule has 0 saturated carbocycles. The fourth-order valence-corrected chi connectivity index (χ4v) is 1.51. The number of rotatable bonds is 5. The van der Waals surface area contributed by atoms with Gasteiger partial charge in [0.05, 0.1) is 11.9 Å². The molecule has 1 N–H and O–H groups in total. The molecule has 1 unspecified atom stereocenters. The van der Waals surface area contributed by atoms with Gasteiger partial charge in [0.25, 0.3) is 0 Å². The third-order valence-corrected chi connectivity index (χ3v) is 2.34. The third kappa shape index (κ3) is 7.97. The monoisotopic (exact) mass is 195 g/mol. The zero-order valence-electron chi connectivity index (χ0n) is 7.82. The van der Waals surface area contributed by atoms with Crippen molar-refractivity contribution in [3.8, 4) is 0 Å². The summed E-state index contributed by atoms with van der Waals surface area (Å²) < 4.78 is 21.5. The van der Waals surface area contributed by atoms with Crippen LogP contribution in [0.15, 0.2) is 0 Å². The van der Waals surface area contributed by atoms with E-state index in [-0.39, 0.29) is 5.75 Å². The fraction of sp³-hybridized carbons (Fsp3) is 1.00. The van der Waals surface area contributed by atoms with Crippen LogP contribution in [0.3, 0.4) is 0 Å². The molecule has 0 amide bonds. The van der Waals surface area contributed by atoms with Crippen LogP contribution in [0.4, 0.5) is 0 Å². The van der Waals surface area contributed by atoms with Crippen LogP contribution in [0.5, 0.6) is 0 Å². The second-order valence-corrected chi connectivity index (χ2v) is 5.50. The first-order chi connectivity index (χ1) is 5.31. The predicted molar refractivity (Wildman–Crippen MR) is 48.9 cm³/mol. The summed E-state index contributed by atoms with van der Waals surface area (Å²) in [5.41, 5.74) is 0. The smallest absolute Gasteiger partial charge is 0.148 e. The second-order valence-electron chi connectivity index (χ2n) is 3.24. The van der Waals surface area contributed by atoms with Crippen molar-refractivity contribution in [2.75, 3.05) is 32.1 Å². The molecule has 0 aromatic carbocycles. The molecule has 0 heterocycles. The standard InChI is InChI=1S/C7H17NO3S/c1-7(9)6-8(2)4-5-12(3,10)11/h7,9H,4-6H2,1-3H3. The van der Waals surface area contributed by atoms with Crippen molar-refractivity contribution < 1.29 is 13.5 Å². The molecule has 5 heteroatoms. The van der Waals surface area contributed by atoms with Gasteiger partial charge in [0, 0.05) is 19.3 Å². The summed E-state index contributed by atoms with van der Waals surface area (Å²) in [6.45, 7) is 2.66. The van der Waals surface area contributed by atoms with Gasteiger partial charge in [0.2, 0.25) is 0 Å². The minimum atomic E-state index is -2.88. The first-order valence-electron chi connectivity index (χ1n) is 3.85. The molecule has 0 rings (SSSR count). The lowest BCUT2D eigenvalue weighted by Gasteiger charge is -2.17. The molecule has 0 aliphatic rings. The van der Waals surface area contributed by atoms with Crippen LogP contribution in [0, 0.1) is 0 Å². The van der Waals surface area contributed by atoms with E-state index in [0.29, 0.717) is 13.1 Å². The zero-order valence-corrected chi connectivity index (χ0v) is 8.63. The van der Waals surface area contributed by atoms with Gasteiger partial charge in [-0.3, -0.25) is 0 Å². The topological polar surface area (TPSA) is 57.6 Å². The van der Waals surface area contributed by atoms with Gasteiger partial charge in [0.1, 0.15) is 9.84 Å². The number of hydrogen-bond acceptors (Lipinski definition) is 4. The molecule has 1 atom stereocenters. The van der Waals surface area contributed by atoms with Crippen LogP contribution in [-0.4, -0.2) is 56.7 Å². The summed E-state index contributed by atoms with van der Waals surface area (Å²) in [5, 5.41) is 8.96. The lowest BCUT2D eigenvalue weighted by atomic mass is 10.4. The van der Waals surface area contributed by atoms with Gasteiger partial charge in [-0.25, -0.2) is 8.42 Å². The number of sulfone groups is 1. The maximum atomic E-state index is 10.7. The molecule has 0 aromatic heterocycles. The molecule has 0 aliphatic heterocycles. The van der Waals surface area contributed by atoms with Crippen LogP contribution < -0.4 is 0 Å². The average molecular weight is 195 g/mol. The Morgan fingerprint density at radius 3 is 2.33 bits per heavy atom. The molecule has 74 valence electrons. The number of likely N-dealkylation sites (N-methyl/N-ethyl adjacent to an activating group) is 1. The van der Waals surface area contributed by atoms with Gasteiger partial charge in [-0.1, -0.05) is 0 Å². The van der Waals surface area contributed by atoms with E-state index in [0.717, 1.165) is 0 Å². The number of hydrogen-bond donors (Lipinski definition) is 1. The lowest BCUT2D eigenvalue weighted by Crippen LogP contribution is -2.31. The van der Waals surface area contributed by atoms with Crippen molar-refractivity contribution in [3.63, 3.8) is 0 Å². The molecule has 0 spiro atoms. The Balaban J connectivity index is 3.65. The molecular weight excluding hydrogens is 178 g/mol. The van der Waals surface area contributed by atoms with Crippen LogP contribution in [0.25, 0.3) is 0 Å². The van der Waals surface area contributed by atoms with E-state index in [2.05, 4.69) is 0 Å². The van der Waals surface area contributed by atoms with Crippen LogP contribution in [0.2, 0.25) is 0 Å². The summed E-state index contributed by atoms with van der Waals surface area (Å²) in [5.74, 6) is 0.149. The Hall–Kier alpha value is -0.130. The molecule has 0 bridgehead atoms. The van der Waals surface area contributed by atoms with Crippen LogP contribution in [0.1, 0.15) is 6.92 Å². The number of aliphatic hydroxyl groups is 1. The van der Waals surface area contributed by atoms with Gasteiger partial charge in [0.15, 0.2) is 0 Å². The fourth-order valence-electron chi connectivity index (χ4n) is 0.864. The molecule has 0 radical (unpaired) electrons. The zero-order chi connectivity index (χ0) is 9.78. The minimum absolute atomic E-state index is 0.149. The summed E-state index contributed by atoms with van der Waals surface area (Å²) >= 11 is 0. The Labute approximate surface area is 74.1 Å². The maximum absolute atomic E-state index is 10.7. The van der Waals surface area contributed by atoms with Gasteiger partial charge in [-0.2, -0.15) is 0 Å². The van der Waals surface area contributed by atoms with E-state index in [1.807, 2.05) is 0 Å². The second kappa shape index (κ2) is 4.79. The molecule has 4 nitrogen and oxygen atoms in total. The van der Waals surface area contributed by atoms with Gasteiger partial charge < -0.3 is 10.0 Å². The molecule has 0 aromatic rings. The predicted octanol–water partition coefficient (Wildman–Crippen LogP) is -0.656. The Morgan fingerprint density at radius 1 is 1.50 bits per heavy atom. The SMILES string of the molecule is CC(O)CN(C)CCS(C)(=O)=O. The highest BCUT2D eigenvalue weighted by molar-refractivity contribution is 7.90. The molecular formula is C7H17NO3S. The van der Waals surface area contributed by atoms with E-state index in [1.54, 1.807) is 18.9 Å². The molecule has 0 aliphatic carbocycles. The first-order valence-corrected chi connectivity index (χ1v) is 5.91. The highest BCUT2D eigenvalue weighted by atomic mass is 32.2. The third-order valence-electron chi connectivity index (χ3n) is 1.42. The molecule has 0 saturated heterocycles.